The number of pyridine rings is 1. The Hall–Kier alpha value is -3.09. The molecule has 7 nitrogen and oxygen atoms in total. The number of benzene rings is 1. The number of alkyl carbamates (subject to hydrolysis) is 1. The van der Waals surface area contributed by atoms with Crippen molar-refractivity contribution in [3.8, 4) is 0 Å². The number of hydrogen-bond acceptors (Lipinski definition) is 4. The van der Waals surface area contributed by atoms with Gasteiger partial charge in [0.05, 0.1) is 0 Å². The lowest BCUT2D eigenvalue weighted by molar-refractivity contribution is 0.0533. The van der Waals surface area contributed by atoms with E-state index in [0.717, 1.165) is 5.56 Å². The third kappa shape index (κ3) is 4.94. The second-order valence-electron chi connectivity index (χ2n) is 6.43. The van der Waals surface area contributed by atoms with Crippen LogP contribution in [0.15, 0.2) is 35.3 Å². The first-order valence-corrected chi connectivity index (χ1v) is 7.69. The largest absolute Gasteiger partial charge is 0.477 e. The highest BCUT2D eigenvalue weighted by Crippen LogP contribution is 2.12. The number of fused-ring (bicyclic) bond motifs is 1. The average Bonchev–Trinajstić information content (AvgIpc) is 2.49. The van der Waals surface area contributed by atoms with Crippen molar-refractivity contribution >= 4 is 29.0 Å². The van der Waals surface area contributed by atoms with E-state index in [1.807, 2.05) is 0 Å². The summed E-state index contributed by atoms with van der Waals surface area (Å²) in [7, 11) is 0. The normalized spacial score (nSPS) is 11.6. The fraction of sp³-hybridized carbons (Fsp3) is 0.278. The summed E-state index contributed by atoms with van der Waals surface area (Å²) in [6.07, 6.45) is 4.21. The molecule has 25 heavy (non-hydrogen) atoms. The Labute approximate surface area is 144 Å². The lowest BCUT2D eigenvalue weighted by Crippen LogP contribution is -2.32. The van der Waals surface area contributed by atoms with Gasteiger partial charge < -0.3 is 20.1 Å². The number of aromatic amines is 1. The molecule has 0 aliphatic rings. The van der Waals surface area contributed by atoms with Crippen LogP contribution in [0.4, 0.5) is 4.79 Å². The predicted molar refractivity (Wildman–Crippen MR) is 94.8 cm³/mol. The van der Waals surface area contributed by atoms with Gasteiger partial charge in [-0.05, 0) is 38.5 Å². The first-order valence-electron chi connectivity index (χ1n) is 7.69. The van der Waals surface area contributed by atoms with Crippen LogP contribution in [-0.4, -0.2) is 34.3 Å². The summed E-state index contributed by atoms with van der Waals surface area (Å²) in [6, 6.07) is 5.00. The number of H-pyrrole nitrogens is 1. The Kier molecular flexibility index (Phi) is 5.26. The van der Waals surface area contributed by atoms with Crippen molar-refractivity contribution in [3.05, 3.63) is 51.8 Å². The first-order chi connectivity index (χ1) is 11.7. The van der Waals surface area contributed by atoms with E-state index in [0.29, 0.717) is 17.4 Å². The van der Waals surface area contributed by atoms with E-state index in [9.17, 15) is 14.4 Å². The zero-order valence-corrected chi connectivity index (χ0v) is 14.3. The highest BCUT2D eigenvalue weighted by atomic mass is 16.6. The summed E-state index contributed by atoms with van der Waals surface area (Å²) in [4.78, 5) is 37.3. The summed E-state index contributed by atoms with van der Waals surface area (Å²) in [5.74, 6) is -1.26. The minimum Gasteiger partial charge on any atom is -0.477 e. The molecular weight excluding hydrogens is 324 g/mol. The number of ether oxygens (including phenoxy) is 1. The Morgan fingerprint density at radius 1 is 1.32 bits per heavy atom. The number of nitrogens with one attached hydrogen (secondary N) is 2. The van der Waals surface area contributed by atoms with Crippen LogP contribution < -0.4 is 10.7 Å². The number of carbonyl (C=O) groups is 2. The van der Waals surface area contributed by atoms with Crippen LogP contribution in [0.5, 0.6) is 0 Å². The fourth-order valence-electron chi connectivity index (χ4n) is 2.15. The summed E-state index contributed by atoms with van der Waals surface area (Å²) in [6.45, 7) is 5.65. The van der Waals surface area contributed by atoms with Crippen LogP contribution in [0, 0.1) is 0 Å². The van der Waals surface area contributed by atoms with E-state index in [2.05, 4.69) is 10.3 Å². The molecule has 2 rings (SSSR count). The topological polar surface area (TPSA) is 108 Å². The molecule has 0 spiro atoms. The Morgan fingerprint density at radius 3 is 2.68 bits per heavy atom. The van der Waals surface area contributed by atoms with Gasteiger partial charge in [-0.25, -0.2) is 9.59 Å². The van der Waals surface area contributed by atoms with Gasteiger partial charge in [0.25, 0.3) is 0 Å². The molecule has 0 unspecified atom stereocenters. The monoisotopic (exact) mass is 344 g/mol. The van der Waals surface area contributed by atoms with Crippen LogP contribution >= 0.6 is 0 Å². The van der Waals surface area contributed by atoms with Crippen LogP contribution in [0.25, 0.3) is 17.0 Å². The maximum Gasteiger partial charge on any atom is 0.407 e. The molecule has 0 aliphatic carbocycles. The summed E-state index contributed by atoms with van der Waals surface area (Å²) in [5, 5.41) is 11.9. The quantitative estimate of drug-likeness (QED) is 0.790. The highest BCUT2D eigenvalue weighted by molar-refractivity contribution is 5.92. The van der Waals surface area contributed by atoms with E-state index in [1.54, 1.807) is 51.1 Å². The van der Waals surface area contributed by atoms with Gasteiger partial charge in [-0.2, -0.15) is 0 Å². The fourth-order valence-corrected chi connectivity index (χ4v) is 2.15. The molecule has 0 bridgehead atoms. The van der Waals surface area contributed by atoms with Gasteiger partial charge in [0, 0.05) is 23.6 Å². The maximum atomic E-state index is 12.1. The maximum absolute atomic E-state index is 12.1. The molecule has 0 saturated heterocycles. The van der Waals surface area contributed by atoms with Gasteiger partial charge in [-0.3, -0.25) is 4.79 Å². The zero-order chi connectivity index (χ0) is 18.6. The van der Waals surface area contributed by atoms with Crippen molar-refractivity contribution < 1.29 is 19.4 Å². The molecular formula is C18H20N2O5. The smallest absolute Gasteiger partial charge is 0.407 e. The number of carbonyl (C=O) groups excluding carboxylic acids is 1. The third-order valence-electron chi connectivity index (χ3n) is 3.21. The van der Waals surface area contributed by atoms with Crippen LogP contribution in [0.2, 0.25) is 0 Å². The molecule has 7 heteroatoms. The molecule has 1 heterocycles. The molecule has 0 fully saturated rings. The number of carboxylic acid groups (broad SMARTS) is 1. The SMILES string of the molecule is CC(C)(C)OC(=O)NCC=Cc1ccc2c(=O)c(C(=O)O)c[nH]c2c1. The van der Waals surface area contributed by atoms with Crippen molar-refractivity contribution in [2.45, 2.75) is 26.4 Å². The van der Waals surface area contributed by atoms with Crippen molar-refractivity contribution in [1.29, 1.82) is 0 Å². The zero-order valence-electron chi connectivity index (χ0n) is 14.3. The molecule has 1 amide bonds. The summed E-state index contributed by atoms with van der Waals surface area (Å²) < 4.78 is 5.12. The van der Waals surface area contributed by atoms with Crippen molar-refractivity contribution in [1.82, 2.24) is 10.3 Å². The van der Waals surface area contributed by atoms with Crippen LogP contribution in [-0.2, 0) is 4.74 Å². The summed E-state index contributed by atoms with van der Waals surface area (Å²) in [5.41, 5.74) is -0.0255. The lowest BCUT2D eigenvalue weighted by atomic mass is 10.1. The van der Waals surface area contributed by atoms with Gasteiger partial charge in [0.15, 0.2) is 0 Å². The molecule has 3 N–H and O–H groups in total. The molecule has 0 atom stereocenters. The second-order valence-corrected chi connectivity index (χ2v) is 6.43. The Morgan fingerprint density at radius 2 is 2.04 bits per heavy atom. The molecule has 2 aromatic rings. The van der Waals surface area contributed by atoms with Crippen LogP contribution in [0.1, 0.15) is 36.7 Å². The molecule has 0 aliphatic heterocycles. The predicted octanol–water partition coefficient (Wildman–Crippen LogP) is 2.76. The summed E-state index contributed by atoms with van der Waals surface area (Å²) >= 11 is 0. The van der Waals surface area contributed by atoms with E-state index >= 15 is 0 Å². The third-order valence-corrected chi connectivity index (χ3v) is 3.21. The van der Waals surface area contributed by atoms with Crippen molar-refractivity contribution in [3.63, 3.8) is 0 Å². The number of aromatic nitrogens is 1. The Balaban J connectivity index is 2.07. The Bertz CT molecular complexity index is 890. The van der Waals surface area contributed by atoms with Gasteiger partial charge in [-0.1, -0.05) is 18.2 Å². The molecule has 132 valence electrons. The van der Waals surface area contributed by atoms with Crippen molar-refractivity contribution in [2.24, 2.45) is 0 Å². The minimum atomic E-state index is -1.26. The van der Waals surface area contributed by atoms with Gasteiger partial charge in [-0.15, -0.1) is 0 Å². The van der Waals surface area contributed by atoms with E-state index in [1.165, 1.54) is 6.20 Å². The second kappa shape index (κ2) is 7.21. The van der Waals surface area contributed by atoms with Gasteiger partial charge in [0.1, 0.15) is 11.2 Å². The number of rotatable bonds is 4. The molecule has 1 aromatic heterocycles. The van der Waals surface area contributed by atoms with Crippen molar-refractivity contribution in [2.75, 3.05) is 6.54 Å². The minimum absolute atomic E-state index is 0.293. The number of carboxylic acids is 1. The highest BCUT2D eigenvalue weighted by Gasteiger charge is 2.15. The molecule has 0 radical (unpaired) electrons. The number of aromatic carboxylic acids is 1. The first kappa shape index (κ1) is 18.3. The molecule has 1 aromatic carbocycles. The molecule has 0 saturated carbocycles. The lowest BCUT2D eigenvalue weighted by Gasteiger charge is -2.19. The van der Waals surface area contributed by atoms with Gasteiger partial charge >= 0.3 is 12.1 Å². The number of hydrogen-bond donors (Lipinski definition) is 3. The van der Waals surface area contributed by atoms with E-state index in [4.69, 9.17) is 9.84 Å². The van der Waals surface area contributed by atoms with Gasteiger partial charge in [0.2, 0.25) is 5.43 Å². The number of amides is 1. The van der Waals surface area contributed by atoms with E-state index < -0.39 is 23.1 Å². The van der Waals surface area contributed by atoms with E-state index in [-0.39, 0.29) is 5.56 Å². The van der Waals surface area contributed by atoms with Crippen LogP contribution in [0.3, 0.4) is 0 Å². The average molecular weight is 344 g/mol. The standard InChI is InChI=1S/C18H20N2O5/c1-18(2,3)25-17(24)19-8-4-5-11-6-7-12-14(9-11)20-10-13(15(12)21)16(22)23/h4-7,9-10H,8H2,1-3H3,(H,19,24)(H,20,21)(H,22,23).